The van der Waals surface area contributed by atoms with Gasteiger partial charge in [-0.1, -0.05) is 28.1 Å². The minimum Gasteiger partial charge on any atom is -0.477 e. The summed E-state index contributed by atoms with van der Waals surface area (Å²) >= 11 is 3.33. The summed E-state index contributed by atoms with van der Waals surface area (Å²) in [6.45, 7) is 0. The highest BCUT2D eigenvalue weighted by Crippen LogP contribution is 2.22. The number of carbonyl (C=O) groups is 1. The molecule has 0 aliphatic heterocycles. The van der Waals surface area contributed by atoms with Gasteiger partial charge in [0.15, 0.2) is 0 Å². The molecule has 2 rings (SSSR count). The predicted molar refractivity (Wildman–Crippen MR) is 67.2 cm³/mol. The van der Waals surface area contributed by atoms with Crippen LogP contribution in [0.2, 0.25) is 0 Å². The van der Waals surface area contributed by atoms with E-state index < -0.39 is 11.5 Å². The van der Waals surface area contributed by atoms with Crippen LogP contribution in [0.4, 0.5) is 0 Å². The molecule has 0 atom stereocenters. The molecule has 0 aliphatic rings. The van der Waals surface area contributed by atoms with Crippen molar-refractivity contribution in [3.05, 3.63) is 56.9 Å². The van der Waals surface area contributed by atoms with Gasteiger partial charge in [-0.05, 0) is 29.3 Å². The van der Waals surface area contributed by atoms with Gasteiger partial charge in [0.05, 0.1) is 0 Å². The van der Waals surface area contributed by atoms with Crippen LogP contribution in [0.1, 0.15) is 10.4 Å². The monoisotopic (exact) mass is 293 g/mol. The molecule has 0 amide bonds. The fourth-order valence-corrected chi connectivity index (χ4v) is 1.88. The number of pyridine rings is 1. The molecule has 1 aromatic heterocycles. The predicted octanol–water partition coefficient (Wildman–Crippen LogP) is 2.50. The van der Waals surface area contributed by atoms with E-state index in [-0.39, 0.29) is 5.56 Å². The summed E-state index contributed by atoms with van der Waals surface area (Å²) in [5, 5.41) is 8.86. The Morgan fingerprint density at radius 1 is 1.24 bits per heavy atom. The average Bonchev–Trinajstić information content (AvgIpc) is 2.29. The summed E-state index contributed by atoms with van der Waals surface area (Å²) < 4.78 is 0.887. The Morgan fingerprint density at radius 2 is 2.00 bits per heavy atom. The third-order valence-electron chi connectivity index (χ3n) is 2.29. The van der Waals surface area contributed by atoms with Gasteiger partial charge in [0.2, 0.25) is 0 Å². The molecule has 0 bridgehead atoms. The summed E-state index contributed by atoms with van der Waals surface area (Å²) in [7, 11) is 0. The van der Waals surface area contributed by atoms with Crippen molar-refractivity contribution >= 4 is 21.9 Å². The number of H-pyrrole nitrogens is 1. The first-order chi connectivity index (χ1) is 8.08. The van der Waals surface area contributed by atoms with Crippen LogP contribution < -0.4 is 5.56 Å². The standard InChI is InChI=1S/C12H8BrNO3/c13-9-3-1-2-7(4-9)8-5-10(12(16)17)11(15)14-6-8/h1-6H,(H,14,15)(H,16,17). The number of aromatic carboxylic acids is 1. The van der Waals surface area contributed by atoms with Crippen LogP contribution in [0.3, 0.4) is 0 Å². The Kier molecular flexibility index (Phi) is 3.10. The molecule has 2 aromatic rings. The maximum atomic E-state index is 11.3. The molecule has 0 unspecified atom stereocenters. The zero-order valence-electron chi connectivity index (χ0n) is 8.61. The highest BCUT2D eigenvalue weighted by atomic mass is 79.9. The van der Waals surface area contributed by atoms with Crippen LogP contribution in [-0.4, -0.2) is 16.1 Å². The number of nitrogens with one attached hydrogen (secondary N) is 1. The molecule has 86 valence electrons. The number of carboxylic acids is 1. The molecule has 1 heterocycles. The van der Waals surface area contributed by atoms with E-state index in [2.05, 4.69) is 20.9 Å². The molecular formula is C12H8BrNO3. The highest BCUT2D eigenvalue weighted by molar-refractivity contribution is 9.10. The van der Waals surface area contributed by atoms with E-state index in [1.807, 2.05) is 24.3 Å². The minimum absolute atomic E-state index is 0.262. The van der Waals surface area contributed by atoms with Crippen molar-refractivity contribution in [1.29, 1.82) is 0 Å². The van der Waals surface area contributed by atoms with Gasteiger partial charge in [-0.25, -0.2) is 4.79 Å². The fourth-order valence-electron chi connectivity index (χ4n) is 1.48. The van der Waals surface area contributed by atoms with Gasteiger partial charge in [0.25, 0.3) is 5.56 Å². The van der Waals surface area contributed by atoms with Crippen molar-refractivity contribution in [2.75, 3.05) is 0 Å². The largest absolute Gasteiger partial charge is 0.477 e. The summed E-state index contributed by atoms with van der Waals surface area (Å²) in [5.74, 6) is -1.23. The SMILES string of the molecule is O=C(O)c1cc(-c2cccc(Br)c2)c[nH]c1=O. The second kappa shape index (κ2) is 4.55. The third kappa shape index (κ3) is 2.45. The lowest BCUT2D eigenvalue weighted by Crippen LogP contribution is -2.16. The molecule has 0 aliphatic carbocycles. The van der Waals surface area contributed by atoms with E-state index in [1.54, 1.807) is 0 Å². The van der Waals surface area contributed by atoms with E-state index in [9.17, 15) is 9.59 Å². The summed E-state index contributed by atoms with van der Waals surface area (Å²) in [6, 6.07) is 8.75. The van der Waals surface area contributed by atoms with Gasteiger partial charge in [0, 0.05) is 10.7 Å². The van der Waals surface area contributed by atoms with Gasteiger partial charge in [-0.3, -0.25) is 4.79 Å². The fraction of sp³-hybridized carbons (Fsp3) is 0. The van der Waals surface area contributed by atoms with Crippen molar-refractivity contribution in [2.24, 2.45) is 0 Å². The number of rotatable bonds is 2. The normalized spacial score (nSPS) is 10.2. The second-order valence-corrected chi connectivity index (χ2v) is 4.36. The molecule has 17 heavy (non-hydrogen) atoms. The number of hydrogen-bond acceptors (Lipinski definition) is 2. The number of benzene rings is 1. The molecule has 0 saturated carbocycles. The van der Waals surface area contributed by atoms with Crippen LogP contribution in [0, 0.1) is 0 Å². The minimum atomic E-state index is -1.23. The van der Waals surface area contributed by atoms with Crippen LogP contribution >= 0.6 is 15.9 Å². The lowest BCUT2D eigenvalue weighted by Gasteiger charge is -2.03. The van der Waals surface area contributed by atoms with Gasteiger partial charge in [-0.15, -0.1) is 0 Å². The highest BCUT2D eigenvalue weighted by Gasteiger charge is 2.10. The molecule has 2 N–H and O–H groups in total. The molecule has 0 radical (unpaired) electrons. The summed E-state index contributed by atoms with van der Waals surface area (Å²) in [4.78, 5) is 24.5. The Bertz CT molecular complexity index is 634. The maximum Gasteiger partial charge on any atom is 0.341 e. The smallest absolute Gasteiger partial charge is 0.341 e. The molecule has 4 nitrogen and oxygen atoms in total. The van der Waals surface area contributed by atoms with E-state index in [4.69, 9.17) is 5.11 Å². The summed E-state index contributed by atoms with van der Waals surface area (Å²) in [5.41, 5.74) is 0.625. The molecule has 0 saturated heterocycles. The molecule has 5 heteroatoms. The maximum absolute atomic E-state index is 11.3. The van der Waals surface area contributed by atoms with Crippen molar-refractivity contribution in [2.45, 2.75) is 0 Å². The molecule has 0 fully saturated rings. The van der Waals surface area contributed by atoms with Crippen LogP contribution in [0.15, 0.2) is 45.8 Å². The van der Waals surface area contributed by atoms with Crippen LogP contribution in [0.25, 0.3) is 11.1 Å². The van der Waals surface area contributed by atoms with Crippen molar-refractivity contribution in [3.8, 4) is 11.1 Å². The van der Waals surface area contributed by atoms with Gasteiger partial charge < -0.3 is 10.1 Å². The lowest BCUT2D eigenvalue weighted by atomic mass is 10.1. The number of aromatic nitrogens is 1. The van der Waals surface area contributed by atoms with Crippen LogP contribution in [0.5, 0.6) is 0 Å². The van der Waals surface area contributed by atoms with Crippen molar-refractivity contribution in [1.82, 2.24) is 4.98 Å². The quantitative estimate of drug-likeness (QED) is 0.894. The average molecular weight is 294 g/mol. The van der Waals surface area contributed by atoms with E-state index in [0.717, 1.165) is 10.0 Å². The van der Waals surface area contributed by atoms with Crippen molar-refractivity contribution in [3.63, 3.8) is 0 Å². The number of aromatic amines is 1. The molecule has 0 spiro atoms. The van der Waals surface area contributed by atoms with Gasteiger partial charge >= 0.3 is 5.97 Å². The lowest BCUT2D eigenvalue weighted by molar-refractivity contribution is 0.0695. The number of carboxylic acid groups (broad SMARTS) is 1. The zero-order chi connectivity index (χ0) is 12.4. The Balaban J connectivity index is 2.58. The van der Waals surface area contributed by atoms with Gasteiger partial charge in [0.1, 0.15) is 5.56 Å². The van der Waals surface area contributed by atoms with E-state index in [0.29, 0.717) is 5.56 Å². The number of hydrogen-bond donors (Lipinski definition) is 2. The second-order valence-electron chi connectivity index (χ2n) is 3.45. The van der Waals surface area contributed by atoms with Crippen molar-refractivity contribution < 1.29 is 9.90 Å². The Hall–Kier alpha value is -1.88. The van der Waals surface area contributed by atoms with E-state index >= 15 is 0 Å². The Labute approximate surface area is 105 Å². The number of halogens is 1. The van der Waals surface area contributed by atoms with E-state index in [1.165, 1.54) is 12.3 Å². The van der Waals surface area contributed by atoms with Gasteiger partial charge in [-0.2, -0.15) is 0 Å². The van der Waals surface area contributed by atoms with Crippen LogP contribution in [-0.2, 0) is 0 Å². The Morgan fingerprint density at radius 3 is 2.65 bits per heavy atom. The first kappa shape index (κ1) is 11.6. The molecule has 1 aromatic carbocycles. The first-order valence-corrected chi connectivity index (χ1v) is 5.59. The first-order valence-electron chi connectivity index (χ1n) is 4.80. The topological polar surface area (TPSA) is 70.2 Å². The summed E-state index contributed by atoms with van der Waals surface area (Å²) in [6.07, 6.45) is 1.50. The zero-order valence-corrected chi connectivity index (χ0v) is 10.2. The third-order valence-corrected chi connectivity index (χ3v) is 2.78. The molecular weight excluding hydrogens is 286 g/mol.